The van der Waals surface area contributed by atoms with Crippen molar-refractivity contribution in [1.82, 2.24) is 14.8 Å². The van der Waals surface area contributed by atoms with Crippen LogP contribution in [0, 0.1) is 0 Å². The van der Waals surface area contributed by atoms with Crippen molar-refractivity contribution >= 4 is 29.7 Å². The van der Waals surface area contributed by atoms with Gasteiger partial charge in [0.2, 0.25) is 6.41 Å². The van der Waals surface area contributed by atoms with Crippen molar-refractivity contribution < 1.29 is 19.1 Å². The maximum Gasteiger partial charge on any atom is 0.339 e. The summed E-state index contributed by atoms with van der Waals surface area (Å²) < 4.78 is 4.78. The number of carbonyl (C=O) groups excluding carboxylic acids is 3. The van der Waals surface area contributed by atoms with E-state index in [4.69, 9.17) is 4.74 Å². The zero-order valence-electron chi connectivity index (χ0n) is 14.9. The predicted molar refractivity (Wildman–Crippen MR) is 98.8 cm³/mol. The van der Waals surface area contributed by atoms with Crippen molar-refractivity contribution in [2.75, 3.05) is 38.6 Å². The molecule has 3 rings (SSSR count). The van der Waals surface area contributed by atoms with E-state index in [1.165, 1.54) is 7.11 Å². The summed E-state index contributed by atoms with van der Waals surface area (Å²) in [5.41, 5.74) is 1.98. The third-order valence-electron chi connectivity index (χ3n) is 4.34. The van der Waals surface area contributed by atoms with Crippen LogP contribution in [0.3, 0.4) is 0 Å². The number of hydrogen-bond donors (Lipinski definition) is 1. The first kappa shape index (κ1) is 18.4. The highest BCUT2D eigenvalue weighted by Crippen LogP contribution is 2.21. The van der Waals surface area contributed by atoms with Crippen LogP contribution in [0.1, 0.15) is 20.8 Å². The molecule has 140 valence electrons. The summed E-state index contributed by atoms with van der Waals surface area (Å²) in [5, 5.41) is 3.11. The van der Waals surface area contributed by atoms with Crippen LogP contribution in [-0.4, -0.2) is 66.4 Å². The number of pyridine rings is 1. The molecule has 0 spiro atoms. The normalized spacial score (nSPS) is 13.8. The molecule has 0 bridgehead atoms. The van der Waals surface area contributed by atoms with Gasteiger partial charge < -0.3 is 19.9 Å². The molecule has 2 aromatic rings. The molecule has 1 fully saturated rings. The first-order valence-electron chi connectivity index (χ1n) is 8.51. The molecule has 1 aliphatic heterocycles. The van der Waals surface area contributed by atoms with Gasteiger partial charge in [0, 0.05) is 26.2 Å². The molecule has 2 heterocycles. The third kappa shape index (κ3) is 4.22. The van der Waals surface area contributed by atoms with Crippen LogP contribution in [0.25, 0.3) is 0 Å². The van der Waals surface area contributed by atoms with Gasteiger partial charge in [0.05, 0.1) is 30.2 Å². The number of methoxy groups -OCH3 is 1. The van der Waals surface area contributed by atoms with Gasteiger partial charge in [-0.25, -0.2) is 9.78 Å². The lowest BCUT2D eigenvalue weighted by Crippen LogP contribution is -2.48. The molecule has 0 unspecified atom stereocenters. The molecule has 0 radical (unpaired) electrons. The number of anilines is 2. The largest absolute Gasteiger partial charge is 0.465 e. The number of aromatic nitrogens is 1. The van der Waals surface area contributed by atoms with E-state index in [2.05, 4.69) is 10.3 Å². The Balaban J connectivity index is 1.68. The van der Waals surface area contributed by atoms with Crippen molar-refractivity contribution in [3.8, 4) is 0 Å². The lowest BCUT2D eigenvalue weighted by atomic mass is 10.1. The number of nitrogens with one attached hydrogen (secondary N) is 1. The standard InChI is InChI=1S/C19H20N4O4/c1-27-19(26)15-4-2-3-5-16(15)21-14-6-7-17(20-12-14)18(25)23-10-8-22(13-24)9-11-23/h2-7,12-13,21H,8-11H2,1H3. The van der Waals surface area contributed by atoms with Gasteiger partial charge in [-0.05, 0) is 24.3 Å². The second-order valence-corrected chi connectivity index (χ2v) is 6.03. The molecule has 0 aliphatic carbocycles. The fourth-order valence-electron chi connectivity index (χ4n) is 2.82. The highest BCUT2D eigenvalue weighted by atomic mass is 16.5. The van der Waals surface area contributed by atoms with E-state index in [9.17, 15) is 14.4 Å². The minimum atomic E-state index is -0.438. The number of para-hydroxylation sites is 1. The second-order valence-electron chi connectivity index (χ2n) is 6.03. The maximum atomic E-state index is 12.5. The lowest BCUT2D eigenvalue weighted by Gasteiger charge is -2.32. The molecule has 0 atom stereocenters. The third-order valence-corrected chi connectivity index (χ3v) is 4.34. The van der Waals surface area contributed by atoms with Crippen LogP contribution >= 0.6 is 0 Å². The summed E-state index contributed by atoms with van der Waals surface area (Å²) in [7, 11) is 1.33. The number of piperazine rings is 1. The van der Waals surface area contributed by atoms with Gasteiger partial charge >= 0.3 is 5.97 Å². The quantitative estimate of drug-likeness (QED) is 0.636. The van der Waals surface area contributed by atoms with Gasteiger partial charge in [0.15, 0.2) is 0 Å². The van der Waals surface area contributed by atoms with Crippen molar-refractivity contribution in [1.29, 1.82) is 0 Å². The summed E-state index contributed by atoms with van der Waals surface area (Å²) in [6.07, 6.45) is 2.34. The van der Waals surface area contributed by atoms with Crippen LogP contribution in [0.4, 0.5) is 11.4 Å². The molecule has 0 saturated carbocycles. The van der Waals surface area contributed by atoms with Crippen LogP contribution in [0.2, 0.25) is 0 Å². The first-order chi connectivity index (χ1) is 13.1. The van der Waals surface area contributed by atoms with E-state index in [1.54, 1.807) is 52.4 Å². The van der Waals surface area contributed by atoms with E-state index in [0.29, 0.717) is 48.8 Å². The molecule has 2 amide bonds. The Morgan fingerprint density at radius 1 is 1.11 bits per heavy atom. The molecular formula is C19H20N4O4. The average Bonchev–Trinajstić information content (AvgIpc) is 2.73. The van der Waals surface area contributed by atoms with E-state index >= 15 is 0 Å². The zero-order valence-corrected chi connectivity index (χ0v) is 14.9. The van der Waals surface area contributed by atoms with Gasteiger partial charge in [0.25, 0.3) is 5.91 Å². The van der Waals surface area contributed by atoms with E-state index in [-0.39, 0.29) is 5.91 Å². The number of rotatable bonds is 5. The van der Waals surface area contributed by atoms with Gasteiger partial charge in [-0.2, -0.15) is 0 Å². The summed E-state index contributed by atoms with van der Waals surface area (Å²) in [6.45, 7) is 2.04. The predicted octanol–water partition coefficient (Wildman–Crippen LogP) is 1.53. The molecular weight excluding hydrogens is 348 g/mol. The monoisotopic (exact) mass is 368 g/mol. The average molecular weight is 368 g/mol. The Bertz CT molecular complexity index is 830. The van der Waals surface area contributed by atoms with Crippen LogP contribution in [0.5, 0.6) is 0 Å². The molecule has 1 aromatic carbocycles. The molecule has 1 saturated heterocycles. The van der Waals surface area contributed by atoms with Crippen molar-refractivity contribution in [2.24, 2.45) is 0 Å². The summed E-state index contributed by atoms with van der Waals surface area (Å²) in [6, 6.07) is 10.4. The highest BCUT2D eigenvalue weighted by molar-refractivity contribution is 5.96. The topological polar surface area (TPSA) is 91.8 Å². The number of amides is 2. The molecule has 8 heteroatoms. The zero-order chi connectivity index (χ0) is 19.2. The fraction of sp³-hybridized carbons (Fsp3) is 0.263. The summed E-state index contributed by atoms with van der Waals surface area (Å²) in [5.74, 6) is -0.602. The number of carbonyl (C=O) groups is 3. The number of esters is 1. The summed E-state index contributed by atoms with van der Waals surface area (Å²) >= 11 is 0. The number of ether oxygens (including phenoxy) is 1. The van der Waals surface area contributed by atoms with Crippen LogP contribution < -0.4 is 5.32 Å². The van der Waals surface area contributed by atoms with Crippen molar-refractivity contribution in [3.63, 3.8) is 0 Å². The number of nitrogens with zero attached hydrogens (tertiary/aromatic N) is 3. The number of benzene rings is 1. The minimum absolute atomic E-state index is 0.165. The smallest absolute Gasteiger partial charge is 0.339 e. The van der Waals surface area contributed by atoms with Crippen LogP contribution in [-0.2, 0) is 9.53 Å². The van der Waals surface area contributed by atoms with E-state index < -0.39 is 5.97 Å². The van der Waals surface area contributed by atoms with Crippen molar-refractivity contribution in [2.45, 2.75) is 0 Å². The van der Waals surface area contributed by atoms with Gasteiger partial charge in [-0.15, -0.1) is 0 Å². The Labute approximate surface area is 156 Å². The Hall–Kier alpha value is -3.42. The fourth-order valence-corrected chi connectivity index (χ4v) is 2.82. The number of hydrogen-bond acceptors (Lipinski definition) is 6. The SMILES string of the molecule is COC(=O)c1ccccc1Nc1ccc(C(=O)N2CCN(C=O)CC2)nc1. The maximum absolute atomic E-state index is 12.5. The second kappa shape index (κ2) is 8.31. The Morgan fingerprint density at radius 2 is 1.85 bits per heavy atom. The molecule has 27 heavy (non-hydrogen) atoms. The van der Waals surface area contributed by atoms with E-state index in [1.807, 2.05) is 0 Å². The van der Waals surface area contributed by atoms with Gasteiger partial charge in [0.1, 0.15) is 5.69 Å². The molecule has 1 aromatic heterocycles. The first-order valence-corrected chi connectivity index (χ1v) is 8.51. The molecule has 1 aliphatic rings. The minimum Gasteiger partial charge on any atom is -0.465 e. The van der Waals surface area contributed by atoms with Crippen molar-refractivity contribution in [3.05, 3.63) is 53.9 Å². The van der Waals surface area contributed by atoms with E-state index in [0.717, 1.165) is 6.41 Å². The lowest BCUT2D eigenvalue weighted by molar-refractivity contribution is -0.119. The highest BCUT2D eigenvalue weighted by Gasteiger charge is 2.22. The summed E-state index contributed by atoms with van der Waals surface area (Å²) in [4.78, 5) is 42.7. The molecule has 8 nitrogen and oxygen atoms in total. The van der Waals surface area contributed by atoms with Gasteiger partial charge in [-0.1, -0.05) is 12.1 Å². The van der Waals surface area contributed by atoms with Crippen LogP contribution in [0.15, 0.2) is 42.6 Å². The molecule has 1 N–H and O–H groups in total. The Morgan fingerprint density at radius 3 is 2.48 bits per heavy atom. The van der Waals surface area contributed by atoms with Gasteiger partial charge in [-0.3, -0.25) is 9.59 Å². The Kier molecular flexibility index (Phi) is 5.65.